The van der Waals surface area contributed by atoms with Gasteiger partial charge in [-0.1, -0.05) is 19.1 Å². The van der Waals surface area contributed by atoms with Crippen LogP contribution in [0, 0.1) is 0 Å². The summed E-state index contributed by atoms with van der Waals surface area (Å²) in [7, 11) is 1.31. The van der Waals surface area contributed by atoms with E-state index in [-0.39, 0.29) is 5.69 Å². The van der Waals surface area contributed by atoms with Crippen molar-refractivity contribution < 1.29 is 14.6 Å². The fourth-order valence-corrected chi connectivity index (χ4v) is 1.50. The maximum Gasteiger partial charge on any atom is 0.360 e. The molecule has 96 valence electrons. The Balaban J connectivity index is 3.02. The summed E-state index contributed by atoms with van der Waals surface area (Å²) < 4.78 is 6.20. The van der Waals surface area contributed by atoms with Crippen molar-refractivity contribution in [2.75, 3.05) is 7.11 Å². The van der Waals surface area contributed by atoms with Gasteiger partial charge in [0.2, 0.25) is 0 Å². The van der Waals surface area contributed by atoms with Crippen molar-refractivity contribution in [3.63, 3.8) is 0 Å². The third-order valence-corrected chi connectivity index (χ3v) is 2.80. The van der Waals surface area contributed by atoms with E-state index in [1.807, 2.05) is 13.8 Å². The van der Waals surface area contributed by atoms with Gasteiger partial charge in [-0.2, -0.15) is 0 Å². The minimum Gasteiger partial charge on any atom is -0.464 e. The number of aromatic nitrogens is 3. The molecule has 17 heavy (non-hydrogen) atoms. The number of esters is 1. The van der Waals surface area contributed by atoms with Crippen molar-refractivity contribution >= 4 is 5.97 Å². The number of nitrogens with zero attached hydrogens (tertiary/aromatic N) is 3. The molecule has 6 heteroatoms. The molecule has 0 saturated heterocycles. The number of methoxy groups -OCH3 is 1. The first-order chi connectivity index (χ1) is 7.95. The monoisotopic (exact) mass is 241 g/mol. The summed E-state index contributed by atoms with van der Waals surface area (Å²) in [4.78, 5) is 11.4. The van der Waals surface area contributed by atoms with Crippen molar-refractivity contribution in [3.8, 4) is 0 Å². The van der Waals surface area contributed by atoms with Gasteiger partial charge >= 0.3 is 5.97 Å². The molecule has 0 saturated carbocycles. The van der Waals surface area contributed by atoms with E-state index in [0.717, 1.165) is 0 Å². The Labute approximate surface area is 101 Å². The van der Waals surface area contributed by atoms with E-state index in [1.165, 1.54) is 7.11 Å². The van der Waals surface area contributed by atoms with E-state index >= 15 is 0 Å². The van der Waals surface area contributed by atoms with Crippen molar-refractivity contribution in [3.05, 3.63) is 11.4 Å². The first-order valence-corrected chi connectivity index (χ1v) is 5.68. The van der Waals surface area contributed by atoms with Crippen molar-refractivity contribution in [1.82, 2.24) is 15.0 Å². The van der Waals surface area contributed by atoms with Crippen LogP contribution in [-0.4, -0.2) is 38.8 Å². The molecule has 0 aliphatic rings. The Bertz CT molecular complexity index is 399. The molecule has 1 aromatic heterocycles. The first kappa shape index (κ1) is 13.6. The van der Waals surface area contributed by atoms with Gasteiger partial charge in [-0.3, -0.25) is 0 Å². The highest BCUT2D eigenvalue weighted by Gasteiger charge is 2.24. The number of carbonyl (C=O) groups is 1. The summed E-state index contributed by atoms with van der Waals surface area (Å²) in [6, 6.07) is 0. The molecule has 0 aliphatic heterocycles. The third-order valence-electron chi connectivity index (χ3n) is 2.80. The van der Waals surface area contributed by atoms with Crippen LogP contribution in [0.3, 0.4) is 0 Å². The molecule has 0 amide bonds. The molecule has 0 radical (unpaired) electrons. The predicted octanol–water partition coefficient (Wildman–Crippen LogP) is 0.788. The van der Waals surface area contributed by atoms with Gasteiger partial charge in [0.05, 0.1) is 24.9 Å². The number of hydrogen-bond acceptors (Lipinski definition) is 5. The minimum absolute atomic E-state index is 0.224. The Kier molecular flexibility index (Phi) is 4.22. The maximum atomic E-state index is 11.4. The molecule has 1 heterocycles. The van der Waals surface area contributed by atoms with Crippen molar-refractivity contribution in [2.45, 2.75) is 45.8 Å². The molecule has 1 N–H and O–H groups in total. The highest BCUT2D eigenvalue weighted by atomic mass is 16.5. The average molecular weight is 241 g/mol. The van der Waals surface area contributed by atoms with E-state index in [4.69, 9.17) is 0 Å². The number of aliphatic hydroxyl groups is 1. The van der Waals surface area contributed by atoms with Gasteiger partial charge in [0.1, 0.15) is 0 Å². The zero-order valence-corrected chi connectivity index (χ0v) is 10.7. The standard InChI is InChI=1S/C11H19N3O3/c1-5-8-9(10(15)17-4)12-13-14(8)7-11(3,16)6-2/h16H,5-7H2,1-4H3. The summed E-state index contributed by atoms with van der Waals surface area (Å²) >= 11 is 0. The molecule has 0 spiro atoms. The number of ether oxygens (including phenoxy) is 1. The fraction of sp³-hybridized carbons (Fsp3) is 0.727. The molecular formula is C11H19N3O3. The molecule has 0 fully saturated rings. The lowest BCUT2D eigenvalue weighted by Gasteiger charge is -2.21. The number of hydrogen-bond donors (Lipinski definition) is 1. The second-order valence-corrected chi connectivity index (χ2v) is 4.24. The normalized spacial score (nSPS) is 14.4. The van der Waals surface area contributed by atoms with E-state index in [9.17, 15) is 9.90 Å². The second-order valence-electron chi connectivity index (χ2n) is 4.24. The van der Waals surface area contributed by atoms with Crippen LogP contribution in [0.15, 0.2) is 0 Å². The minimum atomic E-state index is -0.856. The number of carbonyl (C=O) groups excluding carboxylic acids is 1. The largest absolute Gasteiger partial charge is 0.464 e. The summed E-state index contributed by atoms with van der Waals surface area (Å²) in [6.07, 6.45) is 1.21. The third kappa shape index (κ3) is 3.03. The van der Waals surface area contributed by atoms with Gasteiger partial charge < -0.3 is 9.84 Å². The lowest BCUT2D eigenvalue weighted by molar-refractivity contribution is 0.0330. The van der Waals surface area contributed by atoms with E-state index in [0.29, 0.717) is 25.1 Å². The van der Waals surface area contributed by atoms with Crippen LogP contribution in [0.5, 0.6) is 0 Å². The molecule has 0 bridgehead atoms. The predicted molar refractivity (Wildman–Crippen MR) is 61.7 cm³/mol. The first-order valence-electron chi connectivity index (χ1n) is 5.68. The fourth-order valence-electron chi connectivity index (χ4n) is 1.50. The van der Waals surface area contributed by atoms with Gasteiger partial charge in [-0.25, -0.2) is 9.48 Å². The summed E-state index contributed by atoms with van der Waals surface area (Å²) in [6.45, 7) is 5.84. The van der Waals surface area contributed by atoms with E-state index in [1.54, 1.807) is 11.6 Å². The Morgan fingerprint density at radius 2 is 2.18 bits per heavy atom. The zero-order chi connectivity index (χ0) is 13.1. The molecule has 1 atom stereocenters. The van der Waals surface area contributed by atoms with Gasteiger partial charge in [0.25, 0.3) is 0 Å². The van der Waals surface area contributed by atoms with Crippen LogP contribution in [0.4, 0.5) is 0 Å². The van der Waals surface area contributed by atoms with Crippen LogP contribution in [-0.2, 0) is 17.7 Å². The summed E-state index contributed by atoms with van der Waals surface area (Å²) in [5.74, 6) is -0.496. The molecular weight excluding hydrogens is 222 g/mol. The van der Waals surface area contributed by atoms with Gasteiger partial charge in [0.15, 0.2) is 5.69 Å². The number of rotatable bonds is 5. The molecule has 1 unspecified atom stereocenters. The highest BCUT2D eigenvalue weighted by molar-refractivity contribution is 5.88. The quantitative estimate of drug-likeness (QED) is 0.771. The summed E-state index contributed by atoms with van der Waals surface area (Å²) in [5, 5.41) is 17.7. The molecule has 0 aliphatic carbocycles. The lowest BCUT2D eigenvalue weighted by atomic mass is 10.0. The van der Waals surface area contributed by atoms with Crippen LogP contribution in [0.2, 0.25) is 0 Å². The Morgan fingerprint density at radius 1 is 1.53 bits per heavy atom. The van der Waals surface area contributed by atoms with Crippen LogP contribution >= 0.6 is 0 Å². The molecule has 6 nitrogen and oxygen atoms in total. The SMILES string of the molecule is CCc1c(C(=O)OC)nnn1CC(C)(O)CC. The van der Waals surface area contributed by atoms with Crippen molar-refractivity contribution in [1.29, 1.82) is 0 Å². The van der Waals surface area contributed by atoms with Crippen LogP contribution < -0.4 is 0 Å². The van der Waals surface area contributed by atoms with Gasteiger partial charge in [-0.15, -0.1) is 5.10 Å². The smallest absolute Gasteiger partial charge is 0.360 e. The van der Waals surface area contributed by atoms with Crippen LogP contribution in [0.25, 0.3) is 0 Å². The van der Waals surface area contributed by atoms with Crippen molar-refractivity contribution in [2.24, 2.45) is 0 Å². The maximum absolute atomic E-state index is 11.4. The second kappa shape index (κ2) is 5.27. The van der Waals surface area contributed by atoms with E-state index < -0.39 is 11.6 Å². The molecule has 1 rings (SSSR count). The Morgan fingerprint density at radius 3 is 2.65 bits per heavy atom. The zero-order valence-electron chi connectivity index (χ0n) is 10.7. The molecule has 0 aromatic carbocycles. The highest BCUT2D eigenvalue weighted by Crippen LogP contribution is 2.15. The Hall–Kier alpha value is -1.43. The average Bonchev–Trinajstić information content (AvgIpc) is 2.70. The van der Waals surface area contributed by atoms with Gasteiger partial charge in [0, 0.05) is 0 Å². The van der Waals surface area contributed by atoms with Gasteiger partial charge in [-0.05, 0) is 19.8 Å². The molecule has 1 aromatic rings. The van der Waals surface area contributed by atoms with Crippen LogP contribution in [0.1, 0.15) is 43.4 Å². The van der Waals surface area contributed by atoms with E-state index in [2.05, 4.69) is 15.0 Å². The lowest BCUT2D eigenvalue weighted by Crippen LogP contribution is -2.30. The topological polar surface area (TPSA) is 77.2 Å². The summed E-state index contributed by atoms with van der Waals surface area (Å²) in [5.41, 5.74) is 0.0536.